The molecule has 5 nitrogen and oxygen atoms in total. The fourth-order valence-electron chi connectivity index (χ4n) is 2.49. The Hall–Kier alpha value is -1.17. The average molecular weight is 347 g/mol. The van der Waals surface area contributed by atoms with Crippen molar-refractivity contribution in [1.29, 1.82) is 0 Å². The Morgan fingerprint density at radius 2 is 2.05 bits per heavy atom. The molecule has 22 heavy (non-hydrogen) atoms. The number of halogens is 2. The predicted octanol–water partition coefficient (Wildman–Crippen LogP) is 3.49. The van der Waals surface area contributed by atoms with Crippen molar-refractivity contribution in [3.05, 3.63) is 28.2 Å². The molecule has 1 amide bonds. The Bertz CT molecular complexity index is 506. The third kappa shape index (κ3) is 5.55. The highest BCUT2D eigenvalue weighted by molar-refractivity contribution is 6.42. The molecule has 0 saturated carbocycles. The van der Waals surface area contributed by atoms with Crippen LogP contribution in [0.15, 0.2) is 18.2 Å². The van der Waals surface area contributed by atoms with Crippen LogP contribution in [0, 0.1) is 0 Å². The molecule has 0 bridgehead atoms. The minimum absolute atomic E-state index is 0.186. The summed E-state index contributed by atoms with van der Waals surface area (Å²) in [6.07, 6.45) is 1.95. The second-order valence-corrected chi connectivity index (χ2v) is 6.13. The lowest BCUT2D eigenvalue weighted by Crippen LogP contribution is -2.39. The maximum atomic E-state index is 10.4. The largest absolute Gasteiger partial charge is 0.490 e. The Kier molecular flexibility index (Phi) is 6.61. The van der Waals surface area contributed by atoms with E-state index in [2.05, 4.69) is 10.2 Å². The van der Waals surface area contributed by atoms with Crippen LogP contribution in [0.2, 0.25) is 10.0 Å². The third-order valence-corrected chi connectivity index (χ3v) is 4.39. The van der Waals surface area contributed by atoms with Crippen molar-refractivity contribution in [1.82, 2.24) is 10.2 Å². The van der Waals surface area contributed by atoms with E-state index < -0.39 is 6.09 Å². The van der Waals surface area contributed by atoms with Gasteiger partial charge in [0.05, 0.1) is 10.0 Å². The Morgan fingerprint density at radius 1 is 1.32 bits per heavy atom. The number of benzene rings is 1. The monoisotopic (exact) mass is 346 g/mol. The van der Waals surface area contributed by atoms with Gasteiger partial charge in [0.2, 0.25) is 0 Å². The lowest BCUT2D eigenvalue weighted by molar-refractivity contribution is 0.0999. The second kappa shape index (κ2) is 8.46. The Balaban J connectivity index is 1.68. The molecular formula is C15H20Cl2N2O3. The molecule has 1 aromatic rings. The van der Waals surface area contributed by atoms with E-state index in [9.17, 15) is 4.79 Å². The summed E-state index contributed by atoms with van der Waals surface area (Å²) in [5, 5.41) is 11.9. The number of hydrogen-bond acceptors (Lipinski definition) is 3. The van der Waals surface area contributed by atoms with Crippen LogP contribution in [0.4, 0.5) is 4.79 Å². The lowest BCUT2D eigenvalue weighted by atomic mass is 10.1. The van der Waals surface area contributed by atoms with Gasteiger partial charge in [0.25, 0.3) is 0 Å². The molecule has 1 aliphatic heterocycles. The summed E-state index contributed by atoms with van der Waals surface area (Å²) in [4.78, 5) is 12.7. The van der Waals surface area contributed by atoms with Gasteiger partial charge in [0.15, 0.2) is 0 Å². The van der Waals surface area contributed by atoms with E-state index >= 15 is 0 Å². The topological polar surface area (TPSA) is 61.8 Å². The summed E-state index contributed by atoms with van der Waals surface area (Å²) < 4.78 is 5.94. The highest BCUT2D eigenvalue weighted by Crippen LogP contribution is 2.28. The fourth-order valence-corrected chi connectivity index (χ4v) is 2.78. The molecule has 0 aromatic heterocycles. The molecule has 7 heteroatoms. The van der Waals surface area contributed by atoms with Gasteiger partial charge in [-0.1, -0.05) is 23.2 Å². The molecule has 0 radical (unpaired) electrons. The number of carboxylic acid groups (broad SMARTS) is 1. The van der Waals surface area contributed by atoms with Gasteiger partial charge < -0.3 is 20.1 Å². The molecule has 1 aromatic carbocycles. The van der Waals surface area contributed by atoms with Crippen molar-refractivity contribution in [2.75, 3.05) is 26.2 Å². The van der Waals surface area contributed by atoms with Gasteiger partial charge in [-0.25, -0.2) is 4.79 Å². The van der Waals surface area contributed by atoms with E-state index in [0.717, 1.165) is 44.6 Å². The van der Waals surface area contributed by atoms with Crippen LogP contribution in [0.5, 0.6) is 5.75 Å². The first kappa shape index (κ1) is 17.2. The van der Waals surface area contributed by atoms with Gasteiger partial charge in [0, 0.05) is 25.7 Å². The molecule has 1 fully saturated rings. The first-order valence-electron chi connectivity index (χ1n) is 7.35. The number of amides is 1. The van der Waals surface area contributed by atoms with E-state index in [-0.39, 0.29) is 6.10 Å². The lowest BCUT2D eigenvalue weighted by Gasteiger charge is -2.32. The molecule has 0 aliphatic carbocycles. The molecule has 0 spiro atoms. The van der Waals surface area contributed by atoms with Crippen LogP contribution in [-0.4, -0.2) is 48.4 Å². The van der Waals surface area contributed by atoms with Gasteiger partial charge in [0.1, 0.15) is 11.9 Å². The summed E-state index contributed by atoms with van der Waals surface area (Å²) in [7, 11) is 0. The summed E-state index contributed by atoms with van der Waals surface area (Å²) in [5.74, 6) is 0.749. The third-order valence-electron chi connectivity index (χ3n) is 3.66. The molecule has 122 valence electrons. The Morgan fingerprint density at radius 3 is 2.68 bits per heavy atom. The number of nitrogens with one attached hydrogen (secondary N) is 1. The molecule has 1 aliphatic rings. The summed E-state index contributed by atoms with van der Waals surface area (Å²) in [5.41, 5.74) is 0. The molecule has 2 N–H and O–H groups in total. The molecule has 2 rings (SSSR count). The molecular weight excluding hydrogens is 327 g/mol. The highest BCUT2D eigenvalue weighted by Gasteiger charge is 2.20. The number of carbonyl (C=O) groups is 1. The van der Waals surface area contributed by atoms with Crippen molar-refractivity contribution < 1.29 is 14.6 Å². The first-order chi connectivity index (χ1) is 10.5. The van der Waals surface area contributed by atoms with Gasteiger partial charge >= 0.3 is 6.09 Å². The average Bonchev–Trinajstić information content (AvgIpc) is 2.49. The number of likely N-dealkylation sites (tertiary alicyclic amines) is 1. The number of piperidine rings is 1. The number of nitrogens with zero attached hydrogens (tertiary/aromatic N) is 1. The van der Waals surface area contributed by atoms with Crippen LogP contribution in [0.3, 0.4) is 0 Å². The van der Waals surface area contributed by atoms with Crippen molar-refractivity contribution in [2.24, 2.45) is 0 Å². The van der Waals surface area contributed by atoms with Crippen LogP contribution in [-0.2, 0) is 0 Å². The zero-order valence-electron chi connectivity index (χ0n) is 12.2. The molecule has 1 saturated heterocycles. The van der Waals surface area contributed by atoms with Crippen molar-refractivity contribution in [3.8, 4) is 5.75 Å². The van der Waals surface area contributed by atoms with E-state index in [1.54, 1.807) is 12.1 Å². The standard InChI is InChI=1S/C15H20Cl2N2O3/c16-13-3-2-12(10-14(13)17)22-11-4-8-19(9-5-11)7-1-6-18-15(20)21/h2-3,10-11,18H,1,4-9H2,(H,20,21). The maximum absolute atomic E-state index is 10.4. The minimum atomic E-state index is -0.964. The summed E-state index contributed by atoms with van der Waals surface area (Å²) in [6, 6.07) is 5.32. The normalized spacial score (nSPS) is 16.5. The van der Waals surface area contributed by atoms with Gasteiger partial charge in [-0.05, 0) is 37.9 Å². The molecule has 0 unspecified atom stereocenters. The first-order valence-corrected chi connectivity index (χ1v) is 8.11. The van der Waals surface area contributed by atoms with E-state index in [0.29, 0.717) is 16.6 Å². The summed E-state index contributed by atoms with van der Waals surface area (Å²) in [6.45, 7) is 3.31. The predicted molar refractivity (Wildman–Crippen MR) is 87.2 cm³/mol. The smallest absolute Gasteiger partial charge is 0.404 e. The van der Waals surface area contributed by atoms with Crippen LogP contribution in [0.1, 0.15) is 19.3 Å². The van der Waals surface area contributed by atoms with Crippen LogP contribution >= 0.6 is 23.2 Å². The maximum Gasteiger partial charge on any atom is 0.404 e. The van der Waals surface area contributed by atoms with Gasteiger partial charge in [-0.3, -0.25) is 0 Å². The zero-order valence-corrected chi connectivity index (χ0v) is 13.7. The number of rotatable bonds is 6. The molecule has 1 heterocycles. The van der Waals surface area contributed by atoms with Crippen LogP contribution in [0.25, 0.3) is 0 Å². The zero-order chi connectivity index (χ0) is 15.9. The SMILES string of the molecule is O=C(O)NCCCN1CCC(Oc2ccc(Cl)c(Cl)c2)CC1. The number of hydrogen-bond donors (Lipinski definition) is 2. The van der Waals surface area contributed by atoms with Crippen molar-refractivity contribution in [2.45, 2.75) is 25.4 Å². The van der Waals surface area contributed by atoms with E-state index in [1.165, 1.54) is 0 Å². The quantitative estimate of drug-likeness (QED) is 0.774. The van der Waals surface area contributed by atoms with Gasteiger partial charge in [-0.2, -0.15) is 0 Å². The second-order valence-electron chi connectivity index (χ2n) is 5.32. The summed E-state index contributed by atoms with van der Waals surface area (Å²) >= 11 is 11.9. The minimum Gasteiger partial charge on any atom is -0.490 e. The fraction of sp³-hybridized carbons (Fsp3) is 0.533. The van der Waals surface area contributed by atoms with E-state index in [1.807, 2.05) is 6.07 Å². The number of ether oxygens (including phenoxy) is 1. The van der Waals surface area contributed by atoms with Crippen molar-refractivity contribution >= 4 is 29.3 Å². The van der Waals surface area contributed by atoms with Crippen LogP contribution < -0.4 is 10.1 Å². The van der Waals surface area contributed by atoms with Gasteiger partial charge in [-0.15, -0.1) is 0 Å². The Labute approximate surface area is 140 Å². The highest BCUT2D eigenvalue weighted by atomic mass is 35.5. The van der Waals surface area contributed by atoms with E-state index in [4.69, 9.17) is 33.0 Å². The van der Waals surface area contributed by atoms with Crippen molar-refractivity contribution in [3.63, 3.8) is 0 Å². The molecule has 0 atom stereocenters.